The van der Waals surface area contributed by atoms with E-state index >= 15 is 0 Å². The molecule has 2 aliphatic rings. The van der Waals surface area contributed by atoms with Crippen LogP contribution in [0.15, 0.2) is 0 Å². The lowest BCUT2D eigenvalue weighted by molar-refractivity contribution is -0.143. The van der Waals surface area contributed by atoms with Gasteiger partial charge in [-0.2, -0.15) is 0 Å². The highest BCUT2D eigenvalue weighted by Gasteiger charge is 2.42. The molecule has 0 radical (unpaired) electrons. The Bertz CT molecular complexity index is 257. The number of nitrogens with two attached hydrogens (primary N) is 1. The van der Waals surface area contributed by atoms with E-state index in [1.165, 1.54) is 20.1 Å². The van der Waals surface area contributed by atoms with Crippen LogP contribution in [-0.4, -0.2) is 43.2 Å². The minimum absolute atomic E-state index is 0.170. The molecule has 2 N–H and O–H groups in total. The summed E-state index contributed by atoms with van der Waals surface area (Å²) in [6.07, 6.45) is 3.67. The van der Waals surface area contributed by atoms with E-state index in [0.29, 0.717) is 12.3 Å². The molecule has 2 heterocycles. The Balaban J connectivity index is 2.03. The number of hydrogen-bond acceptors (Lipinski definition) is 4. The molecule has 4 nitrogen and oxygen atoms in total. The van der Waals surface area contributed by atoms with Gasteiger partial charge in [0.15, 0.2) is 0 Å². The molecule has 2 aliphatic heterocycles. The number of methoxy groups -OCH3 is 1. The van der Waals surface area contributed by atoms with E-state index in [-0.39, 0.29) is 11.5 Å². The first-order valence-electron chi connectivity index (χ1n) is 5.72. The molecule has 86 valence electrons. The number of piperidine rings is 2. The van der Waals surface area contributed by atoms with E-state index in [4.69, 9.17) is 10.5 Å². The third kappa shape index (κ3) is 2.16. The third-order valence-corrected chi connectivity index (χ3v) is 3.91. The van der Waals surface area contributed by atoms with E-state index < -0.39 is 0 Å². The van der Waals surface area contributed by atoms with Gasteiger partial charge in [-0.15, -0.1) is 0 Å². The van der Waals surface area contributed by atoms with Crippen molar-refractivity contribution in [1.82, 2.24) is 4.90 Å². The summed E-state index contributed by atoms with van der Waals surface area (Å²) in [6, 6.07) is 0. The third-order valence-electron chi connectivity index (χ3n) is 3.91. The summed E-state index contributed by atoms with van der Waals surface area (Å²) in [4.78, 5) is 13.8. The zero-order chi connectivity index (χ0) is 10.9. The molecular formula is C11H20N2O2. The van der Waals surface area contributed by atoms with Gasteiger partial charge in [-0.1, -0.05) is 0 Å². The molecular weight excluding hydrogens is 192 g/mol. The summed E-state index contributed by atoms with van der Waals surface area (Å²) in [5.74, 6) is 0.302. The van der Waals surface area contributed by atoms with Gasteiger partial charge in [-0.05, 0) is 38.3 Å². The smallest absolute Gasteiger partial charge is 0.307 e. The van der Waals surface area contributed by atoms with Gasteiger partial charge >= 0.3 is 5.97 Å². The normalized spacial score (nSPS) is 39.9. The van der Waals surface area contributed by atoms with E-state index in [2.05, 4.69) is 4.90 Å². The Labute approximate surface area is 90.8 Å². The fourth-order valence-corrected chi connectivity index (χ4v) is 2.87. The molecule has 2 rings (SSSR count). The van der Waals surface area contributed by atoms with E-state index in [0.717, 1.165) is 25.9 Å². The van der Waals surface area contributed by atoms with Crippen LogP contribution in [0.2, 0.25) is 0 Å². The summed E-state index contributed by atoms with van der Waals surface area (Å²) in [7, 11) is 1.43. The maximum atomic E-state index is 11.3. The molecule has 2 fully saturated rings. The molecule has 0 aromatic heterocycles. The standard InChI is InChI=1S/C11H20N2O2/c1-15-10(14)7-11(12)4-6-13-5-2-3-9(11)8-13/h9H,2-8,12H2,1H3. The first-order chi connectivity index (χ1) is 7.14. The van der Waals surface area contributed by atoms with Gasteiger partial charge < -0.3 is 15.4 Å². The van der Waals surface area contributed by atoms with Crippen molar-refractivity contribution >= 4 is 5.97 Å². The highest BCUT2D eigenvalue weighted by Crippen LogP contribution is 2.35. The minimum atomic E-state index is -0.315. The Morgan fingerprint density at radius 2 is 2.40 bits per heavy atom. The highest BCUT2D eigenvalue weighted by molar-refractivity contribution is 5.70. The number of carbonyl (C=O) groups excluding carboxylic acids is 1. The van der Waals surface area contributed by atoms with Crippen molar-refractivity contribution in [3.05, 3.63) is 0 Å². The van der Waals surface area contributed by atoms with Crippen LogP contribution in [-0.2, 0) is 9.53 Å². The van der Waals surface area contributed by atoms with Gasteiger partial charge in [-0.25, -0.2) is 0 Å². The van der Waals surface area contributed by atoms with Crippen molar-refractivity contribution in [3.63, 3.8) is 0 Å². The number of carbonyl (C=O) groups is 1. The molecule has 0 spiro atoms. The highest BCUT2D eigenvalue weighted by atomic mass is 16.5. The zero-order valence-corrected chi connectivity index (χ0v) is 9.37. The maximum absolute atomic E-state index is 11.3. The monoisotopic (exact) mass is 212 g/mol. The summed E-state index contributed by atoms with van der Waals surface area (Å²) < 4.78 is 4.72. The predicted molar refractivity (Wildman–Crippen MR) is 57.3 cm³/mol. The van der Waals surface area contributed by atoms with Crippen molar-refractivity contribution in [3.8, 4) is 0 Å². The van der Waals surface area contributed by atoms with Crippen molar-refractivity contribution in [2.45, 2.75) is 31.2 Å². The van der Waals surface area contributed by atoms with Gasteiger partial charge in [0.1, 0.15) is 0 Å². The second-order valence-corrected chi connectivity index (χ2v) is 4.88. The molecule has 0 aromatic carbocycles. The summed E-state index contributed by atoms with van der Waals surface area (Å²) >= 11 is 0. The quantitative estimate of drug-likeness (QED) is 0.672. The number of esters is 1. The van der Waals surface area contributed by atoms with Crippen LogP contribution in [0.4, 0.5) is 0 Å². The van der Waals surface area contributed by atoms with Crippen LogP contribution in [0.25, 0.3) is 0 Å². The van der Waals surface area contributed by atoms with Crippen LogP contribution in [0, 0.1) is 5.92 Å². The molecule has 0 saturated carbocycles. The van der Waals surface area contributed by atoms with Gasteiger partial charge in [0.05, 0.1) is 13.5 Å². The van der Waals surface area contributed by atoms with Crippen molar-refractivity contribution in [1.29, 1.82) is 0 Å². The number of rotatable bonds is 2. The molecule has 0 amide bonds. The number of nitrogens with zero attached hydrogens (tertiary/aromatic N) is 1. The molecule has 15 heavy (non-hydrogen) atoms. The largest absolute Gasteiger partial charge is 0.469 e. The number of ether oxygens (including phenoxy) is 1. The van der Waals surface area contributed by atoms with Gasteiger partial charge in [0, 0.05) is 12.1 Å². The molecule has 3 unspecified atom stereocenters. The van der Waals surface area contributed by atoms with Crippen LogP contribution in [0.5, 0.6) is 0 Å². The summed E-state index contributed by atoms with van der Waals surface area (Å²) in [5.41, 5.74) is 6.04. The first-order valence-corrected chi connectivity index (χ1v) is 5.72. The number of fused-ring (bicyclic) bond motifs is 2. The average Bonchev–Trinajstić information content (AvgIpc) is 2.25. The average molecular weight is 212 g/mol. The van der Waals surface area contributed by atoms with Crippen molar-refractivity contribution in [2.24, 2.45) is 11.7 Å². The molecule has 0 aromatic rings. The molecule has 2 saturated heterocycles. The van der Waals surface area contributed by atoms with Crippen LogP contribution >= 0.6 is 0 Å². The minimum Gasteiger partial charge on any atom is -0.469 e. The Hall–Kier alpha value is -0.610. The summed E-state index contributed by atoms with van der Waals surface area (Å²) in [5, 5.41) is 0. The maximum Gasteiger partial charge on any atom is 0.307 e. The van der Waals surface area contributed by atoms with Crippen LogP contribution in [0.1, 0.15) is 25.7 Å². The lowest BCUT2D eigenvalue weighted by Crippen LogP contribution is -2.60. The van der Waals surface area contributed by atoms with Crippen LogP contribution < -0.4 is 5.73 Å². The summed E-state index contributed by atoms with van der Waals surface area (Å²) in [6.45, 7) is 3.29. The topological polar surface area (TPSA) is 55.6 Å². The molecule has 3 atom stereocenters. The molecule has 2 bridgehead atoms. The zero-order valence-electron chi connectivity index (χ0n) is 9.37. The van der Waals surface area contributed by atoms with E-state index in [1.54, 1.807) is 0 Å². The van der Waals surface area contributed by atoms with Crippen LogP contribution in [0.3, 0.4) is 0 Å². The van der Waals surface area contributed by atoms with Gasteiger partial charge in [0.25, 0.3) is 0 Å². The van der Waals surface area contributed by atoms with E-state index in [1.807, 2.05) is 0 Å². The van der Waals surface area contributed by atoms with Crippen molar-refractivity contribution in [2.75, 3.05) is 26.7 Å². The van der Waals surface area contributed by atoms with Gasteiger partial charge in [-0.3, -0.25) is 4.79 Å². The Kier molecular flexibility index (Phi) is 2.98. The number of hydrogen-bond donors (Lipinski definition) is 1. The van der Waals surface area contributed by atoms with E-state index in [9.17, 15) is 4.79 Å². The lowest BCUT2D eigenvalue weighted by atomic mass is 9.72. The second kappa shape index (κ2) is 4.10. The van der Waals surface area contributed by atoms with Gasteiger partial charge in [0.2, 0.25) is 0 Å². The first kappa shape index (κ1) is 10.9. The predicted octanol–water partition coefficient (Wildman–Crippen LogP) is 0.363. The SMILES string of the molecule is COC(=O)CC1(N)CCN2CCCC1C2. The molecule has 0 aliphatic carbocycles. The second-order valence-electron chi connectivity index (χ2n) is 4.88. The molecule has 4 heteroatoms. The Morgan fingerprint density at radius 3 is 3.13 bits per heavy atom. The fourth-order valence-electron chi connectivity index (χ4n) is 2.87. The van der Waals surface area contributed by atoms with Crippen molar-refractivity contribution < 1.29 is 9.53 Å². The Morgan fingerprint density at radius 1 is 1.60 bits per heavy atom. The lowest BCUT2D eigenvalue weighted by Gasteiger charge is -2.48. The fraction of sp³-hybridized carbons (Fsp3) is 0.909.